The molecule has 0 fully saturated rings. The van der Waals surface area contributed by atoms with Crippen molar-refractivity contribution in [3.8, 4) is 0 Å². The minimum absolute atomic E-state index is 0.129. The van der Waals surface area contributed by atoms with Crippen molar-refractivity contribution < 1.29 is 8.42 Å². The van der Waals surface area contributed by atoms with Gasteiger partial charge in [0, 0.05) is 11.4 Å². The van der Waals surface area contributed by atoms with Crippen molar-refractivity contribution in [3.63, 3.8) is 0 Å². The average Bonchev–Trinajstić information content (AvgIpc) is 3.12. The highest BCUT2D eigenvalue weighted by atomic mass is 32.2. The van der Waals surface area contributed by atoms with Crippen LogP contribution >= 0.6 is 0 Å². The van der Waals surface area contributed by atoms with E-state index in [0.29, 0.717) is 16.9 Å². The van der Waals surface area contributed by atoms with Gasteiger partial charge in [0.15, 0.2) is 5.65 Å². The van der Waals surface area contributed by atoms with Gasteiger partial charge in [-0.3, -0.25) is 0 Å². The molecule has 0 radical (unpaired) electrons. The molecule has 2 aromatic heterocycles. The van der Waals surface area contributed by atoms with E-state index in [2.05, 4.69) is 34.5 Å². The Balaban J connectivity index is 2.02. The lowest BCUT2D eigenvalue weighted by Gasteiger charge is -2.15. The molecule has 156 valence electrons. The number of para-hydroxylation sites is 1. The second kappa shape index (κ2) is 7.36. The highest BCUT2D eigenvalue weighted by Gasteiger charge is 2.30. The molecule has 2 aromatic carbocycles. The van der Waals surface area contributed by atoms with Gasteiger partial charge in [-0.15, -0.1) is 5.10 Å². The fourth-order valence-corrected chi connectivity index (χ4v) is 5.53. The molecule has 0 saturated carbocycles. The molecule has 0 spiro atoms. The average molecular weight is 424 g/mol. The minimum Gasteiger partial charge on any atom is -0.367 e. The van der Waals surface area contributed by atoms with E-state index in [4.69, 9.17) is 0 Å². The maximum atomic E-state index is 13.6. The van der Waals surface area contributed by atoms with Gasteiger partial charge in [-0.05, 0) is 57.4 Å². The van der Waals surface area contributed by atoms with Crippen molar-refractivity contribution in [2.45, 2.75) is 57.0 Å². The van der Waals surface area contributed by atoms with Crippen LogP contribution in [0.2, 0.25) is 0 Å². The van der Waals surface area contributed by atoms with Crippen molar-refractivity contribution >= 4 is 32.2 Å². The number of hydrogen-bond donors (Lipinski definition) is 1. The zero-order chi connectivity index (χ0) is 21.6. The maximum absolute atomic E-state index is 13.6. The third kappa shape index (κ3) is 3.21. The summed E-state index contributed by atoms with van der Waals surface area (Å²) in [7, 11) is -3.90. The number of nitrogens with one attached hydrogen (secondary N) is 1. The summed E-state index contributed by atoms with van der Waals surface area (Å²) in [5.41, 5.74) is 3.36. The maximum Gasteiger partial charge on any atom is 0.230 e. The zero-order valence-corrected chi connectivity index (χ0v) is 18.6. The Morgan fingerprint density at radius 1 is 1.10 bits per heavy atom. The van der Waals surface area contributed by atoms with Crippen LogP contribution in [0.15, 0.2) is 46.3 Å². The number of benzene rings is 2. The Morgan fingerprint density at radius 2 is 1.77 bits per heavy atom. The lowest BCUT2D eigenvalue weighted by molar-refractivity contribution is 0.591. The van der Waals surface area contributed by atoms with Crippen LogP contribution in [0.1, 0.15) is 37.0 Å². The summed E-state index contributed by atoms with van der Waals surface area (Å²) in [4.78, 5) is 4.93. The van der Waals surface area contributed by atoms with Gasteiger partial charge in [0.1, 0.15) is 5.82 Å². The normalized spacial score (nSPS) is 13.1. The van der Waals surface area contributed by atoms with Crippen LogP contribution in [0.5, 0.6) is 0 Å². The number of hydrogen-bond acceptors (Lipinski definition) is 6. The first kappa shape index (κ1) is 20.3. The van der Waals surface area contributed by atoms with Crippen molar-refractivity contribution in [1.82, 2.24) is 19.8 Å². The second-order valence-corrected chi connectivity index (χ2v) is 9.59. The molecule has 30 heavy (non-hydrogen) atoms. The third-order valence-corrected chi connectivity index (χ3v) is 7.30. The smallest absolute Gasteiger partial charge is 0.230 e. The van der Waals surface area contributed by atoms with Crippen molar-refractivity contribution in [1.29, 1.82) is 0 Å². The van der Waals surface area contributed by atoms with E-state index in [1.54, 1.807) is 13.8 Å². The van der Waals surface area contributed by atoms with Gasteiger partial charge in [0.25, 0.3) is 0 Å². The first-order chi connectivity index (χ1) is 14.2. The number of aryl methyl sites for hydroxylation is 3. The second-order valence-electron chi connectivity index (χ2n) is 7.79. The fourth-order valence-electron chi connectivity index (χ4n) is 3.85. The SMILES string of the molecule is CC[C@@H](C)Nc1nc2c(S(=O)(=O)c3c(C)cc(C)cc3C)nnn2c2ccccc12. The van der Waals surface area contributed by atoms with Gasteiger partial charge >= 0.3 is 0 Å². The summed E-state index contributed by atoms with van der Waals surface area (Å²) in [5.74, 6) is 0.628. The van der Waals surface area contributed by atoms with Crippen molar-refractivity contribution in [2.75, 3.05) is 5.32 Å². The first-order valence-corrected chi connectivity index (χ1v) is 11.5. The predicted octanol–water partition coefficient (Wildman–Crippen LogP) is 4.25. The van der Waals surface area contributed by atoms with E-state index in [9.17, 15) is 8.42 Å². The molecule has 0 amide bonds. The molecule has 1 atom stereocenters. The molecule has 4 aromatic rings. The summed E-state index contributed by atoms with van der Waals surface area (Å²) in [6.45, 7) is 9.70. The predicted molar refractivity (Wildman–Crippen MR) is 118 cm³/mol. The number of fused-ring (bicyclic) bond motifs is 3. The third-order valence-electron chi connectivity index (χ3n) is 5.35. The van der Waals surface area contributed by atoms with E-state index in [-0.39, 0.29) is 21.6 Å². The largest absolute Gasteiger partial charge is 0.367 e. The van der Waals surface area contributed by atoms with Crippen molar-refractivity contribution in [3.05, 3.63) is 53.1 Å². The molecule has 0 bridgehead atoms. The van der Waals surface area contributed by atoms with E-state index < -0.39 is 9.84 Å². The summed E-state index contributed by atoms with van der Waals surface area (Å²) in [6, 6.07) is 11.6. The monoisotopic (exact) mass is 423 g/mol. The van der Waals surface area contributed by atoms with Gasteiger partial charge in [0.2, 0.25) is 14.9 Å². The van der Waals surface area contributed by atoms with E-state index in [0.717, 1.165) is 22.9 Å². The lowest BCUT2D eigenvalue weighted by atomic mass is 10.1. The quantitative estimate of drug-likeness (QED) is 0.516. The van der Waals surface area contributed by atoms with Gasteiger partial charge in [-0.2, -0.15) is 4.52 Å². The summed E-state index contributed by atoms with van der Waals surface area (Å²) in [6.07, 6.45) is 0.908. The summed E-state index contributed by atoms with van der Waals surface area (Å²) >= 11 is 0. The molecule has 0 aliphatic carbocycles. The Morgan fingerprint density at radius 3 is 2.43 bits per heavy atom. The molecule has 8 heteroatoms. The van der Waals surface area contributed by atoms with Crippen LogP contribution in [0, 0.1) is 20.8 Å². The standard InChI is InChI=1S/C22H25N5O2S/c1-6-16(5)23-20-17-9-7-8-10-18(17)27-21(24-20)22(25-26-27)30(28,29)19-14(3)11-13(2)12-15(19)4/h7-12,16H,6H2,1-5H3,(H,23,24)/t16-/m1/s1. The van der Waals surface area contributed by atoms with Gasteiger partial charge in [-0.25, -0.2) is 13.4 Å². The minimum atomic E-state index is -3.90. The molecular formula is C22H25N5O2S. The summed E-state index contributed by atoms with van der Waals surface area (Å²) < 4.78 is 28.7. The first-order valence-electron chi connectivity index (χ1n) is 9.97. The van der Waals surface area contributed by atoms with Crippen LogP contribution in [-0.4, -0.2) is 34.3 Å². The molecular weight excluding hydrogens is 398 g/mol. The van der Waals surface area contributed by atoms with E-state index in [1.165, 1.54) is 4.52 Å². The van der Waals surface area contributed by atoms with Crippen molar-refractivity contribution in [2.24, 2.45) is 0 Å². The number of nitrogens with zero attached hydrogens (tertiary/aromatic N) is 4. The van der Waals surface area contributed by atoms with Gasteiger partial charge in [-0.1, -0.05) is 42.0 Å². The topological polar surface area (TPSA) is 89.2 Å². The van der Waals surface area contributed by atoms with Crippen LogP contribution in [-0.2, 0) is 9.84 Å². The van der Waals surface area contributed by atoms with Crippen LogP contribution in [0.3, 0.4) is 0 Å². The van der Waals surface area contributed by atoms with Crippen LogP contribution < -0.4 is 5.32 Å². The molecule has 0 aliphatic heterocycles. The van der Waals surface area contributed by atoms with E-state index in [1.807, 2.05) is 43.3 Å². The Kier molecular flexibility index (Phi) is 4.97. The number of rotatable bonds is 5. The Bertz CT molecular complexity index is 1350. The van der Waals surface area contributed by atoms with Crippen LogP contribution in [0.25, 0.3) is 16.6 Å². The van der Waals surface area contributed by atoms with E-state index >= 15 is 0 Å². The zero-order valence-electron chi connectivity index (χ0n) is 17.8. The number of aromatic nitrogens is 4. The molecule has 2 heterocycles. The number of sulfone groups is 1. The lowest BCUT2D eigenvalue weighted by Crippen LogP contribution is -2.16. The fraction of sp³-hybridized carbons (Fsp3) is 0.318. The molecule has 0 saturated heterocycles. The molecule has 0 unspecified atom stereocenters. The van der Waals surface area contributed by atoms with Crippen LogP contribution in [0.4, 0.5) is 5.82 Å². The molecule has 4 rings (SSSR count). The number of anilines is 1. The van der Waals surface area contributed by atoms with Gasteiger partial charge < -0.3 is 5.32 Å². The molecule has 0 aliphatic rings. The Hall–Kier alpha value is -3.00. The Labute approximate surface area is 176 Å². The highest BCUT2D eigenvalue weighted by Crippen LogP contribution is 2.31. The summed E-state index contributed by atoms with van der Waals surface area (Å²) in [5, 5.41) is 12.4. The molecule has 7 nitrogen and oxygen atoms in total. The molecule has 1 N–H and O–H groups in total. The van der Waals surface area contributed by atoms with Gasteiger partial charge in [0.05, 0.1) is 10.4 Å². The highest BCUT2D eigenvalue weighted by molar-refractivity contribution is 7.91.